The molecule has 0 bridgehead atoms. The number of nitrogens with zero attached hydrogens (tertiary/aromatic N) is 4. The van der Waals surface area contributed by atoms with E-state index in [1.54, 1.807) is 0 Å². The molecule has 0 unspecified atom stereocenters. The third-order valence-corrected chi connectivity index (χ3v) is 14.2. The number of phenols is 2. The molecule has 0 fully saturated rings. The minimum atomic E-state index is 0.227. The summed E-state index contributed by atoms with van der Waals surface area (Å²) in [5.41, 5.74) is 3.07. The summed E-state index contributed by atoms with van der Waals surface area (Å²) < 4.78 is 8.91. The smallest absolute Gasteiger partial charge is 0.244 e. The molecular formula is C60H88N4O2+2. The Hall–Kier alpha value is -4.58. The average Bonchev–Trinajstić information content (AvgIpc) is 3.99. The average molecular weight is 897 g/mol. The zero-order chi connectivity index (χ0) is 46.0. The fourth-order valence-corrected chi connectivity index (χ4v) is 10.2. The molecule has 0 aliphatic rings. The molecule has 358 valence electrons. The van der Waals surface area contributed by atoms with E-state index < -0.39 is 0 Å². The summed E-state index contributed by atoms with van der Waals surface area (Å²) in [6.07, 6.45) is 51.2. The Morgan fingerprint density at radius 1 is 0.394 bits per heavy atom. The maximum Gasteiger partial charge on any atom is 0.244 e. The van der Waals surface area contributed by atoms with Crippen LogP contribution in [0, 0.1) is 0 Å². The lowest BCUT2D eigenvalue weighted by molar-refractivity contribution is -0.688. The first-order valence-electron chi connectivity index (χ1n) is 27.1. The van der Waals surface area contributed by atoms with Crippen molar-refractivity contribution >= 4 is 21.5 Å². The highest BCUT2D eigenvalue weighted by Crippen LogP contribution is 2.47. The van der Waals surface area contributed by atoms with Crippen LogP contribution >= 0.6 is 0 Å². The van der Waals surface area contributed by atoms with Crippen molar-refractivity contribution in [2.45, 2.75) is 220 Å². The van der Waals surface area contributed by atoms with Gasteiger partial charge < -0.3 is 10.2 Å². The molecular weight excluding hydrogens is 809 g/mol. The number of aromatic nitrogens is 4. The molecule has 0 saturated carbocycles. The van der Waals surface area contributed by atoms with Gasteiger partial charge in [0.1, 0.15) is 49.4 Å². The first-order valence-corrected chi connectivity index (χ1v) is 27.1. The number of rotatable bonds is 35. The number of benzene rings is 4. The van der Waals surface area contributed by atoms with E-state index in [2.05, 4.69) is 118 Å². The number of aromatic hydroxyl groups is 2. The summed E-state index contributed by atoms with van der Waals surface area (Å²) in [5, 5.41) is 28.6. The van der Waals surface area contributed by atoms with Crippen LogP contribution in [0.4, 0.5) is 0 Å². The lowest BCUT2D eigenvalue weighted by Gasteiger charge is -2.18. The Balaban J connectivity index is 1.02. The summed E-state index contributed by atoms with van der Waals surface area (Å²) >= 11 is 0. The van der Waals surface area contributed by atoms with Crippen LogP contribution in [0.5, 0.6) is 11.5 Å². The van der Waals surface area contributed by atoms with Crippen molar-refractivity contribution in [2.75, 3.05) is 0 Å². The topological polar surface area (TPSA) is 58.1 Å². The first-order chi connectivity index (χ1) is 32.6. The van der Waals surface area contributed by atoms with E-state index in [1.807, 2.05) is 12.1 Å². The second-order valence-corrected chi connectivity index (χ2v) is 19.8. The molecule has 6 heteroatoms. The van der Waals surface area contributed by atoms with E-state index in [4.69, 9.17) is 0 Å². The maximum atomic E-state index is 12.3. The molecule has 6 aromatic rings. The monoisotopic (exact) mass is 897 g/mol. The van der Waals surface area contributed by atoms with Crippen LogP contribution in [0.25, 0.3) is 32.7 Å². The Bertz CT molecular complexity index is 2110. The number of imidazole rings is 2. The Morgan fingerprint density at radius 3 is 1.03 bits per heavy atom. The second kappa shape index (κ2) is 29.2. The van der Waals surface area contributed by atoms with Gasteiger partial charge in [0.25, 0.3) is 0 Å². The molecule has 2 aromatic heterocycles. The van der Waals surface area contributed by atoms with Gasteiger partial charge in [0.05, 0.1) is 13.1 Å². The number of hydrogen-bond donors (Lipinski definition) is 2. The van der Waals surface area contributed by atoms with Gasteiger partial charge in [0.15, 0.2) is 0 Å². The highest BCUT2D eigenvalue weighted by atomic mass is 16.3. The van der Waals surface area contributed by atoms with Crippen LogP contribution in [-0.4, -0.2) is 19.3 Å². The fraction of sp³-hybridized carbons (Fsp3) is 0.567. The van der Waals surface area contributed by atoms with Gasteiger partial charge in [0.2, 0.25) is 12.7 Å². The van der Waals surface area contributed by atoms with E-state index in [9.17, 15) is 10.2 Å². The number of fused-ring (bicyclic) bond motifs is 2. The van der Waals surface area contributed by atoms with E-state index in [-0.39, 0.29) is 11.5 Å². The standard InChI is InChI=1S/C60H86N4O2/c1-3-5-7-9-11-13-15-17-19-21-23-25-27-33-39-61-41-43-63(49-61)47-53-45-51-35-29-31-37-55(51)57(59(53)65)58-56-38-32-30-36-52(56)46-54(60(58)66)48-64-44-42-62(50-64)40-34-28-26-24-22-20-18-16-14-12-10-8-6-4-2/h29-32,35-38,41-46,49-50H,3-28,33-34,39-40,47-48H2,1-2H3/p+2. The Kier molecular flexibility index (Phi) is 22.5. The lowest BCUT2D eigenvalue weighted by Crippen LogP contribution is -2.31. The van der Waals surface area contributed by atoms with E-state index >= 15 is 0 Å². The first kappa shape index (κ1) is 50.8. The summed E-state index contributed by atoms with van der Waals surface area (Å²) in [7, 11) is 0. The number of phenolic OH excluding ortho intramolecular Hbond substituents is 2. The molecule has 0 aliphatic carbocycles. The Labute approximate surface area is 400 Å². The highest BCUT2D eigenvalue weighted by Gasteiger charge is 2.24. The van der Waals surface area contributed by atoms with Crippen LogP contribution < -0.4 is 9.13 Å². The predicted octanol–water partition coefficient (Wildman–Crippen LogP) is 16.3. The molecule has 0 saturated heterocycles. The molecule has 0 aliphatic heterocycles. The summed E-state index contributed by atoms with van der Waals surface area (Å²) in [6, 6.07) is 20.8. The van der Waals surface area contributed by atoms with Crippen molar-refractivity contribution in [3.05, 3.63) is 109 Å². The molecule has 0 spiro atoms. The van der Waals surface area contributed by atoms with E-state index in [0.29, 0.717) is 24.2 Å². The highest BCUT2D eigenvalue weighted by molar-refractivity contribution is 6.10. The van der Waals surface area contributed by atoms with Gasteiger partial charge in [-0.2, -0.15) is 0 Å². The quantitative estimate of drug-likeness (QED) is 0.0308. The molecule has 2 N–H and O–H groups in total. The zero-order valence-electron chi connectivity index (χ0n) is 41.5. The van der Waals surface area contributed by atoms with Gasteiger partial charge in [-0.1, -0.05) is 216 Å². The molecule has 0 amide bonds. The van der Waals surface area contributed by atoms with Crippen molar-refractivity contribution in [3.63, 3.8) is 0 Å². The zero-order valence-corrected chi connectivity index (χ0v) is 41.5. The maximum absolute atomic E-state index is 12.3. The van der Waals surface area contributed by atoms with Gasteiger partial charge in [-0.3, -0.25) is 0 Å². The van der Waals surface area contributed by atoms with E-state index in [0.717, 1.165) is 45.8 Å². The fourth-order valence-electron chi connectivity index (χ4n) is 10.2. The van der Waals surface area contributed by atoms with Gasteiger partial charge in [-0.15, -0.1) is 0 Å². The van der Waals surface area contributed by atoms with Crippen molar-refractivity contribution < 1.29 is 19.3 Å². The van der Waals surface area contributed by atoms with Crippen molar-refractivity contribution in [1.82, 2.24) is 9.13 Å². The summed E-state index contributed by atoms with van der Waals surface area (Å²) in [6.45, 7) is 7.68. The van der Waals surface area contributed by atoms with Gasteiger partial charge in [-0.05, 0) is 59.4 Å². The van der Waals surface area contributed by atoms with Crippen LogP contribution in [0.1, 0.15) is 205 Å². The van der Waals surface area contributed by atoms with Crippen LogP contribution in [0.3, 0.4) is 0 Å². The van der Waals surface area contributed by atoms with Crippen LogP contribution in [0.15, 0.2) is 98.1 Å². The van der Waals surface area contributed by atoms with E-state index in [1.165, 1.54) is 180 Å². The van der Waals surface area contributed by atoms with Gasteiger partial charge >= 0.3 is 0 Å². The molecule has 4 aromatic carbocycles. The minimum Gasteiger partial charge on any atom is -0.507 e. The summed E-state index contributed by atoms with van der Waals surface area (Å²) in [5.74, 6) is 0.455. The molecule has 0 radical (unpaired) electrons. The van der Waals surface area contributed by atoms with Crippen molar-refractivity contribution in [3.8, 4) is 22.6 Å². The predicted molar refractivity (Wildman–Crippen MR) is 278 cm³/mol. The lowest BCUT2D eigenvalue weighted by atomic mass is 9.88. The Morgan fingerprint density at radius 2 is 0.697 bits per heavy atom. The van der Waals surface area contributed by atoms with Crippen LogP contribution in [0.2, 0.25) is 0 Å². The molecule has 2 heterocycles. The van der Waals surface area contributed by atoms with Gasteiger partial charge in [-0.25, -0.2) is 18.3 Å². The SMILES string of the molecule is CCCCCCCCCCCCCCCCn1cc[n+](Cc2cc3ccccc3c(-c3c(O)c(C[n+]4ccn(CCCCCCCCCCCCCCCC)c4)cc4ccccc34)c2O)c1. The summed E-state index contributed by atoms with van der Waals surface area (Å²) in [4.78, 5) is 0. The van der Waals surface area contributed by atoms with Crippen molar-refractivity contribution in [2.24, 2.45) is 0 Å². The third-order valence-electron chi connectivity index (χ3n) is 14.2. The molecule has 0 atom stereocenters. The number of unbranched alkanes of at least 4 members (excludes halogenated alkanes) is 26. The largest absolute Gasteiger partial charge is 0.507 e. The van der Waals surface area contributed by atoms with Crippen molar-refractivity contribution in [1.29, 1.82) is 0 Å². The third kappa shape index (κ3) is 16.3. The number of hydrogen-bond acceptors (Lipinski definition) is 2. The van der Waals surface area contributed by atoms with Gasteiger partial charge in [0, 0.05) is 22.3 Å². The normalized spacial score (nSPS) is 11.7. The van der Waals surface area contributed by atoms with Crippen LogP contribution in [-0.2, 0) is 26.2 Å². The minimum absolute atomic E-state index is 0.227. The molecule has 6 rings (SSSR count). The molecule has 66 heavy (non-hydrogen) atoms. The number of aryl methyl sites for hydroxylation is 2. The second-order valence-electron chi connectivity index (χ2n) is 19.8. The molecule has 6 nitrogen and oxygen atoms in total.